The number of nitrogens with one attached hydrogen (secondary N) is 1. The van der Waals surface area contributed by atoms with E-state index in [1.807, 2.05) is 12.1 Å². The average Bonchev–Trinajstić information content (AvgIpc) is 2.17. The predicted octanol–water partition coefficient (Wildman–Crippen LogP) is 1.54. The third-order valence-electron chi connectivity index (χ3n) is 1.96. The highest BCUT2D eigenvalue weighted by atomic mass is 16.1. The van der Waals surface area contributed by atoms with E-state index in [1.165, 1.54) is 5.56 Å². The molecule has 1 aromatic carbocycles. The van der Waals surface area contributed by atoms with Crippen molar-refractivity contribution >= 4 is 11.6 Å². The van der Waals surface area contributed by atoms with Crippen LogP contribution in [0.4, 0.5) is 5.69 Å². The zero-order chi connectivity index (χ0) is 10.4. The van der Waals surface area contributed by atoms with Crippen molar-refractivity contribution in [2.24, 2.45) is 5.73 Å². The van der Waals surface area contributed by atoms with Crippen LogP contribution >= 0.6 is 0 Å². The first-order valence-electron chi connectivity index (χ1n) is 4.83. The molecule has 0 aliphatic carbocycles. The van der Waals surface area contributed by atoms with Gasteiger partial charge in [-0.2, -0.15) is 0 Å². The van der Waals surface area contributed by atoms with Gasteiger partial charge >= 0.3 is 0 Å². The molecule has 0 aromatic heterocycles. The highest BCUT2D eigenvalue weighted by molar-refractivity contribution is 5.78. The van der Waals surface area contributed by atoms with E-state index < -0.39 is 0 Å². The zero-order valence-electron chi connectivity index (χ0n) is 8.42. The summed E-state index contributed by atoms with van der Waals surface area (Å²) in [6.45, 7) is 2.34. The lowest BCUT2D eigenvalue weighted by Crippen LogP contribution is -2.21. The van der Waals surface area contributed by atoms with Gasteiger partial charge in [0.15, 0.2) is 0 Å². The van der Waals surface area contributed by atoms with Crippen LogP contribution in [-0.4, -0.2) is 12.5 Å². The quantitative estimate of drug-likeness (QED) is 0.743. The summed E-state index contributed by atoms with van der Waals surface area (Å²) in [6, 6.07) is 8.06. The van der Waals surface area contributed by atoms with Crippen molar-refractivity contribution in [1.29, 1.82) is 0 Å². The summed E-state index contributed by atoms with van der Waals surface area (Å²) in [7, 11) is 0. The summed E-state index contributed by atoms with van der Waals surface area (Å²) in [5.74, 6) is -0.345. The number of hydrogen-bond donors (Lipinski definition) is 2. The number of carbonyl (C=O) groups excluding carboxylic acids is 1. The van der Waals surface area contributed by atoms with E-state index in [-0.39, 0.29) is 12.5 Å². The van der Waals surface area contributed by atoms with Crippen molar-refractivity contribution in [3.63, 3.8) is 0 Å². The van der Waals surface area contributed by atoms with Crippen LogP contribution in [0.15, 0.2) is 24.3 Å². The number of amides is 1. The standard InChI is InChI=1S/C11H16N2O/c1-2-3-9-4-6-10(7-5-9)13-8-11(12)14/h4-7,13H,2-3,8H2,1H3,(H2,12,14). The molecule has 1 rings (SSSR count). The monoisotopic (exact) mass is 192 g/mol. The van der Waals surface area contributed by atoms with Gasteiger partial charge in [0.25, 0.3) is 0 Å². The Kier molecular flexibility index (Phi) is 3.98. The van der Waals surface area contributed by atoms with Gasteiger partial charge in [-0.25, -0.2) is 0 Å². The molecule has 0 spiro atoms. The van der Waals surface area contributed by atoms with Gasteiger partial charge in [0.1, 0.15) is 0 Å². The first-order valence-corrected chi connectivity index (χ1v) is 4.83. The van der Waals surface area contributed by atoms with Crippen LogP contribution in [0.3, 0.4) is 0 Å². The van der Waals surface area contributed by atoms with Crippen molar-refractivity contribution < 1.29 is 4.79 Å². The molecule has 0 radical (unpaired) electrons. The lowest BCUT2D eigenvalue weighted by molar-refractivity contribution is -0.116. The number of hydrogen-bond acceptors (Lipinski definition) is 2. The summed E-state index contributed by atoms with van der Waals surface area (Å²) in [5, 5.41) is 2.94. The minimum atomic E-state index is -0.345. The number of benzene rings is 1. The summed E-state index contributed by atoms with van der Waals surface area (Å²) < 4.78 is 0. The molecule has 0 bridgehead atoms. The largest absolute Gasteiger partial charge is 0.376 e. The fourth-order valence-corrected chi connectivity index (χ4v) is 1.27. The molecular weight excluding hydrogens is 176 g/mol. The molecule has 76 valence electrons. The molecule has 14 heavy (non-hydrogen) atoms. The molecule has 3 nitrogen and oxygen atoms in total. The zero-order valence-corrected chi connectivity index (χ0v) is 8.42. The molecule has 0 fully saturated rings. The molecule has 3 heteroatoms. The lowest BCUT2D eigenvalue weighted by atomic mass is 10.1. The molecular formula is C11H16N2O. The molecule has 1 amide bonds. The molecule has 0 heterocycles. The van der Waals surface area contributed by atoms with Crippen molar-refractivity contribution in [3.8, 4) is 0 Å². The van der Waals surface area contributed by atoms with E-state index in [0.717, 1.165) is 18.5 Å². The van der Waals surface area contributed by atoms with Gasteiger partial charge in [-0.1, -0.05) is 25.5 Å². The molecule has 0 aliphatic rings. The van der Waals surface area contributed by atoms with E-state index >= 15 is 0 Å². The van der Waals surface area contributed by atoms with Gasteiger partial charge in [0, 0.05) is 5.69 Å². The molecule has 0 atom stereocenters. The fourth-order valence-electron chi connectivity index (χ4n) is 1.27. The number of anilines is 1. The van der Waals surface area contributed by atoms with Crippen LogP contribution < -0.4 is 11.1 Å². The predicted molar refractivity (Wildman–Crippen MR) is 58.1 cm³/mol. The Labute approximate surface area is 84.3 Å². The van der Waals surface area contributed by atoms with Crippen LogP contribution in [0, 0.1) is 0 Å². The van der Waals surface area contributed by atoms with E-state index in [4.69, 9.17) is 5.73 Å². The van der Waals surface area contributed by atoms with Crippen molar-refractivity contribution in [3.05, 3.63) is 29.8 Å². The van der Waals surface area contributed by atoms with Crippen LogP contribution in [0.1, 0.15) is 18.9 Å². The van der Waals surface area contributed by atoms with Crippen LogP contribution in [0.5, 0.6) is 0 Å². The smallest absolute Gasteiger partial charge is 0.236 e. The fraction of sp³-hybridized carbons (Fsp3) is 0.364. The van der Waals surface area contributed by atoms with E-state index in [2.05, 4.69) is 24.4 Å². The van der Waals surface area contributed by atoms with E-state index in [0.29, 0.717) is 0 Å². The Bertz CT molecular complexity index is 293. The molecule has 0 saturated carbocycles. The minimum Gasteiger partial charge on any atom is -0.376 e. The maximum Gasteiger partial charge on any atom is 0.236 e. The highest BCUT2D eigenvalue weighted by Crippen LogP contribution is 2.10. The Morgan fingerprint density at radius 1 is 1.36 bits per heavy atom. The molecule has 0 aliphatic heterocycles. The van der Waals surface area contributed by atoms with Crippen LogP contribution in [0.2, 0.25) is 0 Å². The van der Waals surface area contributed by atoms with Gasteiger partial charge in [-0.3, -0.25) is 4.79 Å². The number of aryl methyl sites for hydroxylation is 1. The second-order valence-corrected chi connectivity index (χ2v) is 3.27. The first-order chi connectivity index (χ1) is 6.72. The highest BCUT2D eigenvalue weighted by Gasteiger charge is 1.95. The van der Waals surface area contributed by atoms with Gasteiger partial charge in [0.05, 0.1) is 6.54 Å². The maximum absolute atomic E-state index is 10.5. The number of rotatable bonds is 5. The number of primary amides is 1. The van der Waals surface area contributed by atoms with Crippen molar-refractivity contribution in [2.45, 2.75) is 19.8 Å². The van der Waals surface area contributed by atoms with Gasteiger partial charge in [-0.05, 0) is 24.1 Å². The topological polar surface area (TPSA) is 55.1 Å². The van der Waals surface area contributed by atoms with Crippen molar-refractivity contribution in [1.82, 2.24) is 0 Å². The van der Waals surface area contributed by atoms with Crippen LogP contribution in [0.25, 0.3) is 0 Å². The second-order valence-electron chi connectivity index (χ2n) is 3.27. The average molecular weight is 192 g/mol. The third kappa shape index (κ3) is 3.47. The summed E-state index contributed by atoms with van der Waals surface area (Å²) in [6.07, 6.45) is 2.24. The number of carbonyl (C=O) groups is 1. The Balaban J connectivity index is 2.50. The van der Waals surface area contributed by atoms with Gasteiger partial charge in [0.2, 0.25) is 5.91 Å². The van der Waals surface area contributed by atoms with Crippen molar-refractivity contribution in [2.75, 3.05) is 11.9 Å². The molecule has 3 N–H and O–H groups in total. The second kappa shape index (κ2) is 5.27. The first kappa shape index (κ1) is 10.6. The van der Waals surface area contributed by atoms with E-state index in [9.17, 15) is 4.79 Å². The Morgan fingerprint density at radius 2 is 2.00 bits per heavy atom. The summed E-state index contributed by atoms with van der Waals surface area (Å²) in [5.41, 5.74) is 7.27. The van der Waals surface area contributed by atoms with Crippen LogP contribution in [-0.2, 0) is 11.2 Å². The molecule has 1 aromatic rings. The minimum absolute atomic E-state index is 0.188. The Hall–Kier alpha value is -1.51. The normalized spacial score (nSPS) is 9.79. The van der Waals surface area contributed by atoms with E-state index in [1.54, 1.807) is 0 Å². The maximum atomic E-state index is 10.5. The lowest BCUT2D eigenvalue weighted by Gasteiger charge is -2.04. The third-order valence-corrected chi connectivity index (χ3v) is 1.96. The Morgan fingerprint density at radius 3 is 2.50 bits per heavy atom. The molecule has 0 unspecified atom stereocenters. The molecule has 0 saturated heterocycles. The summed E-state index contributed by atoms with van der Waals surface area (Å²) >= 11 is 0. The number of nitrogens with two attached hydrogens (primary N) is 1. The summed E-state index contributed by atoms with van der Waals surface area (Å²) in [4.78, 5) is 10.5. The SMILES string of the molecule is CCCc1ccc(NCC(N)=O)cc1. The van der Waals surface area contributed by atoms with Gasteiger partial charge < -0.3 is 11.1 Å². The van der Waals surface area contributed by atoms with Gasteiger partial charge in [-0.15, -0.1) is 0 Å².